The van der Waals surface area contributed by atoms with Gasteiger partial charge in [-0.15, -0.1) is 0 Å². The number of para-hydroxylation sites is 1. The van der Waals surface area contributed by atoms with E-state index in [2.05, 4.69) is 6.07 Å². The Hall–Kier alpha value is -3.98. The van der Waals surface area contributed by atoms with E-state index in [1.54, 1.807) is 36.3 Å². The maximum Gasteiger partial charge on any atom is 0.227 e. The van der Waals surface area contributed by atoms with Gasteiger partial charge in [0.25, 0.3) is 0 Å². The van der Waals surface area contributed by atoms with Crippen molar-refractivity contribution in [3.05, 3.63) is 77.9 Å². The SMILES string of the molecule is COc1ccc(C2CC(=O)N(c3cccc(N)c3)C2)cc1Oc1ccccc1C#N. The number of carbonyl (C=O) groups excluding carboxylic acids is 1. The minimum Gasteiger partial charge on any atom is -0.493 e. The lowest BCUT2D eigenvalue weighted by atomic mass is 9.98. The van der Waals surface area contributed by atoms with Crippen molar-refractivity contribution in [2.24, 2.45) is 0 Å². The van der Waals surface area contributed by atoms with Gasteiger partial charge in [0.05, 0.1) is 12.7 Å². The second-order valence-electron chi connectivity index (χ2n) is 7.12. The van der Waals surface area contributed by atoms with Crippen LogP contribution in [0.4, 0.5) is 11.4 Å². The number of carbonyl (C=O) groups is 1. The highest BCUT2D eigenvalue weighted by Crippen LogP contribution is 2.39. The summed E-state index contributed by atoms with van der Waals surface area (Å²) in [6.45, 7) is 0.558. The van der Waals surface area contributed by atoms with E-state index in [0.29, 0.717) is 41.5 Å². The number of benzene rings is 3. The first kappa shape index (κ1) is 19.3. The minimum atomic E-state index is 0.0124. The highest BCUT2D eigenvalue weighted by Gasteiger charge is 2.32. The zero-order valence-corrected chi connectivity index (χ0v) is 16.5. The quantitative estimate of drug-likeness (QED) is 0.640. The molecule has 0 saturated carbocycles. The van der Waals surface area contributed by atoms with E-state index in [1.807, 2.05) is 42.5 Å². The van der Waals surface area contributed by atoms with Crippen molar-refractivity contribution in [3.8, 4) is 23.3 Å². The number of anilines is 2. The Morgan fingerprint density at radius 3 is 2.63 bits per heavy atom. The lowest BCUT2D eigenvalue weighted by Gasteiger charge is -2.18. The molecule has 1 aliphatic heterocycles. The number of amides is 1. The molecule has 1 saturated heterocycles. The van der Waals surface area contributed by atoms with E-state index in [0.717, 1.165) is 11.3 Å². The standard InChI is InChI=1S/C24H21N3O3/c1-29-22-10-9-16(11-23(22)30-21-8-3-2-5-17(21)14-25)18-12-24(28)27(15-18)20-7-4-6-19(26)13-20/h2-11,13,18H,12,15,26H2,1H3. The van der Waals surface area contributed by atoms with Gasteiger partial charge in [0.15, 0.2) is 11.5 Å². The molecular weight excluding hydrogens is 378 g/mol. The van der Waals surface area contributed by atoms with Crippen LogP contribution in [0.25, 0.3) is 0 Å². The minimum absolute atomic E-state index is 0.0124. The number of hydrogen-bond acceptors (Lipinski definition) is 5. The maximum atomic E-state index is 12.6. The molecule has 2 N–H and O–H groups in total. The topological polar surface area (TPSA) is 88.6 Å². The number of methoxy groups -OCH3 is 1. The van der Waals surface area contributed by atoms with Gasteiger partial charge in [0.1, 0.15) is 11.8 Å². The average molecular weight is 399 g/mol. The van der Waals surface area contributed by atoms with Crippen molar-refractivity contribution in [1.29, 1.82) is 5.26 Å². The molecule has 3 aromatic rings. The summed E-state index contributed by atoms with van der Waals surface area (Å²) < 4.78 is 11.4. The van der Waals surface area contributed by atoms with Crippen molar-refractivity contribution >= 4 is 17.3 Å². The van der Waals surface area contributed by atoms with Crippen LogP contribution in [-0.2, 0) is 4.79 Å². The summed E-state index contributed by atoms with van der Waals surface area (Å²) in [4.78, 5) is 14.4. The summed E-state index contributed by atoms with van der Waals surface area (Å²) in [5.41, 5.74) is 8.71. The smallest absolute Gasteiger partial charge is 0.227 e. The molecule has 3 aromatic carbocycles. The molecule has 1 amide bonds. The van der Waals surface area contributed by atoms with E-state index in [9.17, 15) is 10.1 Å². The Balaban J connectivity index is 1.62. The van der Waals surface area contributed by atoms with Gasteiger partial charge in [-0.1, -0.05) is 24.3 Å². The zero-order chi connectivity index (χ0) is 21.1. The van der Waals surface area contributed by atoms with Gasteiger partial charge in [-0.05, 0) is 48.0 Å². The zero-order valence-electron chi connectivity index (χ0n) is 16.5. The van der Waals surface area contributed by atoms with Crippen LogP contribution in [0.3, 0.4) is 0 Å². The molecule has 1 unspecified atom stereocenters. The fraction of sp³-hybridized carbons (Fsp3) is 0.167. The van der Waals surface area contributed by atoms with Crippen molar-refractivity contribution in [2.75, 3.05) is 24.3 Å². The van der Waals surface area contributed by atoms with Crippen molar-refractivity contribution in [3.63, 3.8) is 0 Å². The van der Waals surface area contributed by atoms with Gasteiger partial charge in [-0.3, -0.25) is 4.79 Å². The normalized spacial score (nSPS) is 15.7. The lowest BCUT2D eigenvalue weighted by Crippen LogP contribution is -2.24. The molecule has 30 heavy (non-hydrogen) atoms. The van der Waals surface area contributed by atoms with E-state index >= 15 is 0 Å². The third-order valence-electron chi connectivity index (χ3n) is 5.19. The Bertz CT molecular complexity index is 1140. The van der Waals surface area contributed by atoms with Gasteiger partial charge in [0.2, 0.25) is 5.91 Å². The summed E-state index contributed by atoms with van der Waals surface area (Å²) >= 11 is 0. The third-order valence-corrected chi connectivity index (χ3v) is 5.19. The molecule has 1 atom stereocenters. The highest BCUT2D eigenvalue weighted by atomic mass is 16.5. The number of ether oxygens (including phenoxy) is 2. The summed E-state index contributed by atoms with van der Waals surface area (Å²) in [5, 5.41) is 9.32. The first-order valence-electron chi connectivity index (χ1n) is 9.60. The molecule has 1 heterocycles. The van der Waals surface area contributed by atoms with Crippen LogP contribution in [0, 0.1) is 11.3 Å². The second kappa shape index (κ2) is 8.18. The summed E-state index contributed by atoms with van der Waals surface area (Å²) in [6, 6.07) is 22.2. The fourth-order valence-corrected chi connectivity index (χ4v) is 3.67. The van der Waals surface area contributed by atoms with Gasteiger partial charge < -0.3 is 20.1 Å². The first-order valence-corrected chi connectivity index (χ1v) is 9.60. The van der Waals surface area contributed by atoms with Crippen LogP contribution in [0.15, 0.2) is 66.7 Å². The largest absolute Gasteiger partial charge is 0.493 e. The molecule has 1 fully saturated rings. The van der Waals surface area contributed by atoms with E-state index < -0.39 is 0 Å². The molecular formula is C24H21N3O3. The molecule has 0 aromatic heterocycles. The molecule has 0 radical (unpaired) electrons. The average Bonchev–Trinajstić information content (AvgIpc) is 3.16. The fourth-order valence-electron chi connectivity index (χ4n) is 3.67. The summed E-state index contributed by atoms with van der Waals surface area (Å²) in [7, 11) is 1.57. The molecule has 0 spiro atoms. The van der Waals surface area contributed by atoms with Gasteiger partial charge in [0, 0.05) is 30.3 Å². The molecule has 1 aliphatic rings. The van der Waals surface area contributed by atoms with Crippen LogP contribution in [0.1, 0.15) is 23.5 Å². The monoisotopic (exact) mass is 399 g/mol. The molecule has 0 aliphatic carbocycles. The molecule has 6 heteroatoms. The predicted octanol–water partition coefficient (Wildman–Crippen LogP) is 4.46. The second-order valence-corrected chi connectivity index (χ2v) is 7.12. The van der Waals surface area contributed by atoms with Gasteiger partial charge >= 0.3 is 0 Å². The molecule has 6 nitrogen and oxygen atoms in total. The number of nitrogens with two attached hydrogens (primary N) is 1. The van der Waals surface area contributed by atoms with Crippen LogP contribution in [-0.4, -0.2) is 19.6 Å². The lowest BCUT2D eigenvalue weighted by molar-refractivity contribution is -0.117. The third kappa shape index (κ3) is 3.78. The number of rotatable bonds is 5. The van der Waals surface area contributed by atoms with Crippen molar-refractivity contribution < 1.29 is 14.3 Å². The molecule has 4 rings (SSSR count). The van der Waals surface area contributed by atoms with Crippen LogP contribution >= 0.6 is 0 Å². The number of nitrogens with zero attached hydrogens (tertiary/aromatic N) is 2. The maximum absolute atomic E-state index is 12.6. The van der Waals surface area contributed by atoms with E-state index in [1.165, 1.54) is 0 Å². The van der Waals surface area contributed by atoms with Crippen molar-refractivity contribution in [1.82, 2.24) is 0 Å². The van der Waals surface area contributed by atoms with Crippen LogP contribution < -0.4 is 20.1 Å². The van der Waals surface area contributed by atoms with Gasteiger partial charge in [-0.25, -0.2) is 0 Å². The van der Waals surface area contributed by atoms with Crippen molar-refractivity contribution in [2.45, 2.75) is 12.3 Å². The Kier molecular flexibility index (Phi) is 5.27. The Morgan fingerprint density at radius 2 is 1.87 bits per heavy atom. The number of nitrogen functional groups attached to an aromatic ring is 1. The van der Waals surface area contributed by atoms with E-state index in [4.69, 9.17) is 15.2 Å². The molecule has 150 valence electrons. The Morgan fingerprint density at radius 1 is 1.03 bits per heavy atom. The van der Waals surface area contributed by atoms with Crippen LogP contribution in [0.5, 0.6) is 17.2 Å². The van der Waals surface area contributed by atoms with Crippen LogP contribution in [0.2, 0.25) is 0 Å². The number of nitriles is 1. The summed E-state index contributed by atoms with van der Waals surface area (Å²) in [6.07, 6.45) is 0.398. The molecule has 0 bridgehead atoms. The van der Waals surface area contributed by atoms with Gasteiger partial charge in [-0.2, -0.15) is 5.26 Å². The highest BCUT2D eigenvalue weighted by molar-refractivity contribution is 5.96. The first-order chi connectivity index (χ1) is 14.6. The predicted molar refractivity (Wildman–Crippen MR) is 115 cm³/mol. The van der Waals surface area contributed by atoms with E-state index in [-0.39, 0.29) is 11.8 Å². The summed E-state index contributed by atoms with van der Waals surface area (Å²) in [5.74, 6) is 1.59. The Labute approximate surface area is 175 Å². The number of hydrogen-bond donors (Lipinski definition) is 1.